The van der Waals surface area contributed by atoms with Gasteiger partial charge < -0.3 is 29.7 Å². The van der Waals surface area contributed by atoms with Crippen molar-refractivity contribution in [1.82, 2.24) is 14.1 Å². The molecule has 0 aliphatic rings. The second-order valence-corrected chi connectivity index (χ2v) is 7.25. The van der Waals surface area contributed by atoms with Crippen LogP contribution in [0.3, 0.4) is 0 Å². The summed E-state index contributed by atoms with van der Waals surface area (Å²) >= 11 is 0. The molecule has 10 heteroatoms. The molecule has 0 radical (unpaired) electrons. The van der Waals surface area contributed by atoms with E-state index in [1.165, 1.54) is 7.11 Å². The van der Waals surface area contributed by atoms with E-state index >= 15 is 0 Å². The van der Waals surface area contributed by atoms with E-state index in [-0.39, 0.29) is 30.5 Å². The number of nitrogens with one attached hydrogen (secondary N) is 1. The normalized spacial score (nSPS) is 10.5. The minimum absolute atomic E-state index is 0. The second kappa shape index (κ2) is 9.66. The van der Waals surface area contributed by atoms with Gasteiger partial charge in [-0.2, -0.15) is 0 Å². The number of anilines is 1. The molecule has 2 aromatic heterocycles. The summed E-state index contributed by atoms with van der Waals surface area (Å²) in [5, 5.41) is 2.82. The van der Waals surface area contributed by atoms with Gasteiger partial charge in [-0.25, -0.2) is 4.98 Å². The zero-order valence-corrected chi connectivity index (χ0v) is 19.2. The molecule has 4 aromatic rings. The maximum atomic E-state index is 12.3. The largest absolute Gasteiger partial charge is 0.494 e. The molecule has 0 saturated carbocycles. The summed E-state index contributed by atoms with van der Waals surface area (Å²) in [5.74, 6) is 0.733. The first-order valence-electron chi connectivity index (χ1n) is 9.86. The van der Waals surface area contributed by atoms with Gasteiger partial charge in [0.2, 0.25) is 0 Å². The number of ether oxygens (including phenoxy) is 2. The molecule has 0 aliphatic carbocycles. The molecule has 0 bridgehead atoms. The molecule has 2 amide bonds. The number of nitrogens with zero attached hydrogens (tertiary/aromatic N) is 3. The maximum Gasteiger partial charge on any atom is 0.262 e. The van der Waals surface area contributed by atoms with Crippen molar-refractivity contribution in [3.63, 3.8) is 0 Å². The molecular weight excluding hydrogens is 446 g/mol. The van der Waals surface area contributed by atoms with Crippen molar-refractivity contribution in [3.05, 3.63) is 60.3 Å². The molecule has 172 valence electrons. The lowest BCUT2D eigenvalue weighted by Gasteiger charge is -2.08. The lowest BCUT2D eigenvalue weighted by atomic mass is 10.2. The summed E-state index contributed by atoms with van der Waals surface area (Å²) in [6.45, 7) is -0.105. The fraction of sp³-hybridized carbons (Fsp3) is 0.174. The molecular formula is C23H24ClN5O4. The van der Waals surface area contributed by atoms with Crippen molar-refractivity contribution in [1.29, 1.82) is 0 Å². The van der Waals surface area contributed by atoms with Crippen LogP contribution in [0.1, 0.15) is 10.4 Å². The molecule has 2 aromatic carbocycles. The van der Waals surface area contributed by atoms with Gasteiger partial charge in [-0.3, -0.25) is 9.59 Å². The molecule has 0 atom stereocenters. The predicted molar refractivity (Wildman–Crippen MR) is 128 cm³/mol. The van der Waals surface area contributed by atoms with Crippen LogP contribution in [0.5, 0.6) is 11.5 Å². The van der Waals surface area contributed by atoms with Gasteiger partial charge >= 0.3 is 0 Å². The minimum atomic E-state index is -0.579. The third kappa shape index (κ3) is 4.63. The zero-order valence-electron chi connectivity index (χ0n) is 18.4. The Morgan fingerprint density at radius 2 is 1.85 bits per heavy atom. The number of aromatic nitrogens is 3. The maximum absolute atomic E-state index is 12.3. The molecule has 3 N–H and O–H groups in total. The Balaban J connectivity index is 0.00000306. The van der Waals surface area contributed by atoms with Crippen LogP contribution < -0.4 is 20.5 Å². The van der Waals surface area contributed by atoms with E-state index in [4.69, 9.17) is 20.2 Å². The van der Waals surface area contributed by atoms with Crippen LogP contribution in [0.2, 0.25) is 0 Å². The van der Waals surface area contributed by atoms with E-state index in [0.29, 0.717) is 34.2 Å². The topological polar surface area (TPSA) is 113 Å². The highest BCUT2D eigenvalue weighted by Crippen LogP contribution is 2.35. The van der Waals surface area contributed by atoms with Crippen molar-refractivity contribution in [3.8, 4) is 23.0 Å². The van der Waals surface area contributed by atoms with Crippen LogP contribution in [-0.4, -0.2) is 39.6 Å². The third-order valence-corrected chi connectivity index (χ3v) is 5.09. The lowest BCUT2D eigenvalue weighted by molar-refractivity contribution is -0.118. The van der Waals surface area contributed by atoms with Gasteiger partial charge in [0.05, 0.1) is 23.7 Å². The Morgan fingerprint density at radius 1 is 1.12 bits per heavy atom. The standard InChI is InChI=1S/C23H23N5O4.ClH/c1-27-12-16(22(24)30)21(31-3)20(27)23-26-17-11-14(9-10-18(17)28(23)2)25-19(29)13-32-15-7-5-4-6-8-15;/h4-12H,13H2,1-3H3,(H2,24,30)(H,25,29);1H. The number of halogens is 1. The van der Waals surface area contributed by atoms with Crippen molar-refractivity contribution in [2.75, 3.05) is 19.0 Å². The highest BCUT2D eigenvalue weighted by molar-refractivity contribution is 5.99. The van der Waals surface area contributed by atoms with Crippen LogP contribution in [0.4, 0.5) is 5.69 Å². The Morgan fingerprint density at radius 3 is 2.52 bits per heavy atom. The van der Waals surface area contributed by atoms with Gasteiger partial charge in [-0.15, -0.1) is 12.4 Å². The Hall–Kier alpha value is -3.98. The summed E-state index contributed by atoms with van der Waals surface area (Å²) in [5.41, 5.74) is 8.51. The SMILES string of the molecule is COc1c(C(N)=O)cn(C)c1-c1nc2cc(NC(=O)COc3ccccc3)ccc2n1C.Cl. The molecule has 0 saturated heterocycles. The fourth-order valence-corrected chi connectivity index (χ4v) is 3.60. The van der Waals surface area contributed by atoms with Crippen LogP contribution in [0, 0.1) is 0 Å². The van der Waals surface area contributed by atoms with E-state index in [9.17, 15) is 9.59 Å². The van der Waals surface area contributed by atoms with Gasteiger partial charge in [-0.1, -0.05) is 18.2 Å². The number of carbonyl (C=O) groups excluding carboxylic acids is 2. The van der Waals surface area contributed by atoms with Crippen molar-refractivity contribution in [2.24, 2.45) is 19.8 Å². The summed E-state index contributed by atoms with van der Waals surface area (Å²) in [7, 11) is 5.15. The third-order valence-electron chi connectivity index (χ3n) is 5.09. The summed E-state index contributed by atoms with van der Waals surface area (Å²) in [6.07, 6.45) is 1.62. The molecule has 0 unspecified atom stereocenters. The highest BCUT2D eigenvalue weighted by atomic mass is 35.5. The van der Waals surface area contributed by atoms with E-state index in [1.807, 2.05) is 35.9 Å². The van der Waals surface area contributed by atoms with Gasteiger partial charge in [-0.05, 0) is 30.3 Å². The van der Waals surface area contributed by atoms with Crippen molar-refractivity contribution < 1.29 is 19.1 Å². The Bertz CT molecular complexity index is 1310. The van der Waals surface area contributed by atoms with E-state index < -0.39 is 5.91 Å². The van der Waals surface area contributed by atoms with E-state index in [1.54, 1.807) is 42.1 Å². The smallest absolute Gasteiger partial charge is 0.262 e. The van der Waals surface area contributed by atoms with Crippen LogP contribution >= 0.6 is 12.4 Å². The number of fused-ring (bicyclic) bond motifs is 1. The highest BCUT2D eigenvalue weighted by Gasteiger charge is 2.24. The molecule has 2 heterocycles. The molecule has 4 rings (SSSR count). The lowest BCUT2D eigenvalue weighted by Crippen LogP contribution is -2.20. The van der Waals surface area contributed by atoms with E-state index in [2.05, 4.69) is 5.32 Å². The number of imidazole rings is 1. The van der Waals surface area contributed by atoms with Gasteiger partial charge in [0, 0.05) is 26.0 Å². The predicted octanol–water partition coefficient (Wildman–Crippen LogP) is 3.13. The number of aryl methyl sites for hydroxylation is 2. The average Bonchev–Trinajstić information content (AvgIpc) is 3.28. The number of para-hydroxylation sites is 1. The number of primary amides is 1. The zero-order chi connectivity index (χ0) is 22.8. The summed E-state index contributed by atoms with van der Waals surface area (Å²) in [6, 6.07) is 14.6. The van der Waals surface area contributed by atoms with Gasteiger partial charge in [0.1, 0.15) is 11.4 Å². The summed E-state index contributed by atoms with van der Waals surface area (Å²) in [4.78, 5) is 28.8. The van der Waals surface area contributed by atoms with Gasteiger partial charge in [0.15, 0.2) is 18.2 Å². The van der Waals surface area contributed by atoms with E-state index in [0.717, 1.165) is 5.52 Å². The number of amides is 2. The number of methoxy groups -OCH3 is 1. The van der Waals surface area contributed by atoms with Crippen LogP contribution in [0.25, 0.3) is 22.6 Å². The first-order chi connectivity index (χ1) is 15.4. The minimum Gasteiger partial charge on any atom is -0.494 e. The molecule has 0 fully saturated rings. The number of rotatable bonds is 7. The molecule has 33 heavy (non-hydrogen) atoms. The fourth-order valence-electron chi connectivity index (χ4n) is 3.60. The number of nitrogens with two attached hydrogens (primary N) is 1. The molecule has 0 spiro atoms. The second-order valence-electron chi connectivity index (χ2n) is 7.25. The van der Waals surface area contributed by atoms with Crippen LogP contribution in [-0.2, 0) is 18.9 Å². The Labute approximate surface area is 196 Å². The molecule has 0 aliphatic heterocycles. The molecule has 9 nitrogen and oxygen atoms in total. The monoisotopic (exact) mass is 469 g/mol. The summed E-state index contributed by atoms with van der Waals surface area (Å²) < 4.78 is 14.6. The van der Waals surface area contributed by atoms with Crippen molar-refractivity contribution in [2.45, 2.75) is 0 Å². The number of hydrogen-bond acceptors (Lipinski definition) is 5. The first kappa shape index (κ1) is 23.7. The first-order valence-corrected chi connectivity index (χ1v) is 9.86. The van der Waals surface area contributed by atoms with Crippen LogP contribution in [0.15, 0.2) is 54.7 Å². The average molecular weight is 470 g/mol. The Kier molecular flexibility index (Phi) is 6.93. The van der Waals surface area contributed by atoms with Crippen molar-refractivity contribution >= 4 is 40.9 Å². The number of hydrogen-bond donors (Lipinski definition) is 2. The van der Waals surface area contributed by atoms with Gasteiger partial charge in [0.25, 0.3) is 11.8 Å². The number of carbonyl (C=O) groups is 2. The quantitative estimate of drug-likeness (QED) is 0.431. The number of benzene rings is 2.